The highest BCUT2D eigenvalue weighted by Crippen LogP contribution is 2.28. The lowest BCUT2D eigenvalue weighted by Gasteiger charge is -2.07. The van der Waals surface area contributed by atoms with Crippen molar-refractivity contribution in [2.45, 2.75) is 0 Å². The normalized spacial score (nSPS) is 10.5. The highest BCUT2D eigenvalue weighted by Gasteiger charge is 2.09. The quantitative estimate of drug-likeness (QED) is 0.679. The molecule has 2 rings (SSSR count). The predicted molar refractivity (Wildman–Crippen MR) is 87.3 cm³/mol. The Morgan fingerprint density at radius 2 is 1.74 bits per heavy atom. The molecule has 0 heterocycles. The number of methoxy groups -OCH3 is 2. The highest BCUT2D eigenvalue weighted by atomic mass is 16.5. The first-order valence-corrected chi connectivity index (χ1v) is 6.83. The van der Waals surface area contributed by atoms with E-state index in [1.165, 1.54) is 44.6 Å². The fourth-order valence-electron chi connectivity index (χ4n) is 2.00. The molecule has 0 aromatic heterocycles. The van der Waals surface area contributed by atoms with Crippen molar-refractivity contribution in [3.63, 3.8) is 0 Å². The van der Waals surface area contributed by atoms with Gasteiger partial charge in [-0.15, -0.1) is 0 Å². The number of rotatable bonds is 5. The molecule has 2 aromatic rings. The summed E-state index contributed by atoms with van der Waals surface area (Å²) in [5.74, 6) is 0.0974. The van der Waals surface area contributed by atoms with Gasteiger partial charge in [-0.25, -0.2) is 0 Å². The first kappa shape index (κ1) is 16.3. The van der Waals surface area contributed by atoms with Gasteiger partial charge in [-0.1, -0.05) is 24.3 Å². The molecular weight excluding hydrogens is 296 g/mol. The van der Waals surface area contributed by atoms with Crippen LogP contribution in [0.15, 0.2) is 53.3 Å². The number of carbonyl (C=O) groups is 1. The van der Waals surface area contributed by atoms with Crippen LogP contribution in [0.1, 0.15) is 15.9 Å². The minimum atomic E-state index is -0.599. The van der Waals surface area contributed by atoms with Crippen molar-refractivity contribution in [1.82, 2.24) is 0 Å². The molecule has 0 aliphatic rings. The third kappa shape index (κ3) is 3.77. The van der Waals surface area contributed by atoms with Gasteiger partial charge in [0.25, 0.3) is 0 Å². The molecule has 0 amide bonds. The number of benzene rings is 1. The smallest absolute Gasteiger partial charge is 0.220 e. The van der Waals surface area contributed by atoms with Crippen LogP contribution in [0.2, 0.25) is 0 Å². The third-order valence-electron chi connectivity index (χ3n) is 3.21. The monoisotopic (exact) mass is 312 g/mol. The van der Waals surface area contributed by atoms with Crippen LogP contribution in [-0.4, -0.2) is 25.1 Å². The molecule has 23 heavy (non-hydrogen) atoms. The van der Waals surface area contributed by atoms with E-state index in [0.717, 1.165) is 5.56 Å². The molecule has 0 bridgehead atoms. The van der Waals surface area contributed by atoms with Crippen LogP contribution >= 0.6 is 0 Å². The second-order valence-electron chi connectivity index (χ2n) is 4.66. The van der Waals surface area contributed by atoms with E-state index in [0.29, 0.717) is 11.5 Å². The summed E-state index contributed by atoms with van der Waals surface area (Å²) < 4.78 is 10.3. The summed E-state index contributed by atoms with van der Waals surface area (Å²) in [6, 6.07) is 10.8. The zero-order valence-electron chi connectivity index (χ0n) is 12.8. The molecule has 0 spiro atoms. The lowest BCUT2D eigenvalue weighted by molar-refractivity contribution is 0.104. The van der Waals surface area contributed by atoms with E-state index in [9.17, 15) is 14.7 Å². The van der Waals surface area contributed by atoms with Gasteiger partial charge < -0.3 is 14.6 Å². The topological polar surface area (TPSA) is 72.8 Å². The Morgan fingerprint density at radius 3 is 2.43 bits per heavy atom. The molecule has 0 saturated heterocycles. The van der Waals surface area contributed by atoms with E-state index in [2.05, 4.69) is 0 Å². The lowest BCUT2D eigenvalue weighted by Crippen LogP contribution is -2.01. The number of hydrogen-bond acceptors (Lipinski definition) is 5. The van der Waals surface area contributed by atoms with E-state index >= 15 is 0 Å². The molecule has 118 valence electrons. The maximum atomic E-state index is 12.2. The van der Waals surface area contributed by atoms with Crippen molar-refractivity contribution in [2.75, 3.05) is 14.2 Å². The van der Waals surface area contributed by atoms with Crippen LogP contribution in [-0.2, 0) is 0 Å². The summed E-state index contributed by atoms with van der Waals surface area (Å²) in [5, 5.41) is 9.77. The molecule has 0 atom stereocenters. The standard InChI is InChI=1S/C18H16O5/c1-22-16-10-8-12(11-17(16)23-2)7-9-14(19)13-5-3-4-6-15(20)18(13)21/h3-11H,1-2H3,(H,20,21)/b9-7-. The SMILES string of the molecule is COc1ccc(/C=C\C(=O)c2ccccc(=O)c2O)cc1OC. The molecule has 0 radical (unpaired) electrons. The van der Waals surface area contributed by atoms with Gasteiger partial charge in [0, 0.05) is 0 Å². The van der Waals surface area contributed by atoms with E-state index < -0.39 is 17.0 Å². The lowest BCUT2D eigenvalue weighted by atomic mass is 10.1. The average molecular weight is 312 g/mol. The van der Waals surface area contributed by atoms with E-state index in [4.69, 9.17) is 9.47 Å². The largest absolute Gasteiger partial charge is 0.504 e. The highest BCUT2D eigenvalue weighted by molar-refractivity contribution is 6.08. The Bertz CT molecular complexity index is 809. The number of aromatic hydroxyl groups is 1. The van der Waals surface area contributed by atoms with Gasteiger partial charge in [-0.05, 0) is 35.9 Å². The molecule has 5 heteroatoms. The number of carbonyl (C=O) groups excluding carboxylic acids is 1. The summed E-state index contributed by atoms with van der Waals surface area (Å²) in [7, 11) is 3.06. The number of allylic oxidation sites excluding steroid dienone is 1. The average Bonchev–Trinajstić information content (AvgIpc) is 2.74. The number of ether oxygens (including phenoxy) is 2. The number of hydrogen-bond donors (Lipinski definition) is 1. The van der Waals surface area contributed by atoms with Gasteiger partial charge >= 0.3 is 0 Å². The minimum absolute atomic E-state index is 0.0447. The first-order chi connectivity index (χ1) is 11.1. The van der Waals surface area contributed by atoms with Crippen molar-refractivity contribution in [3.8, 4) is 17.2 Å². The fourth-order valence-corrected chi connectivity index (χ4v) is 2.00. The van der Waals surface area contributed by atoms with Gasteiger partial charge in [0.1, 0.15) is 0 Å². The molecule has 0 aliphatic carbocycles. The van der Waals surface area contributed by atoms with Crippen LogP contribution < -0.4 is 14.9 Å². The molecule has 0 unspecified atom stereocenters. The predicted octanol–water partition coefficient (Wildman–Crippen LogP) is 2.67. The molecule has 2 aromatic carbocycles. The van der Waals surface area contributed by atoms with Gasteiger partial charge in [0.2, 0.25) is 5.43 Å². The van der Waals surface area contributed by atoms with Crippen molar-refractivity contribution in [1.29, 1.82) is 0 Å². The minimum Gasteiger partial charge on any atom is -0.504 e. The Morgan fingerprint density at radius 1 is 1.04 bits per heavy atom. The van der Waals surface area contributed by atoms with E-state index in [1.807, 2.05) is 0 Å². The van der Waals surface area contributed by atoms with Crippen molar-refractivity contribution in [3.05, 3.63) is 69.9 Å². The summed E-state index contributed by atoms with van der Waals surface area (Å²) in [5.41, 5.74) is 0.0766. The summed E-state index contributed by atoms with van der Waals surface area (Å²) >= 11 is 0. The van der Waals surface area contributed by atoms with Gasteiger partial charge in [0.15, 0.2) is 23.0 Å². The maximum Gasteiger partial charge on any atom is 0.220 e. The van der Waals surface area contributed by atoms with Gasteiger partial charge in [0.05, 0.1) is 19.8 Å². The first-order valence-electron chi connectivity index (χ1n) is 6.83. The Kier molecular flexibility index (Phi) is 5.15. The van der Waals surface area contributed by atoms with Crippen LogP contribution in [0.4, 0.5) is 0 Å². The third-order valence-corrected chi connectivity index (χ3v) is 3.21. The molecule has 0 fully saturated rings. The van der Waals surface area contributed by atoms with Gasteiger partial charge in [-0.3, -0.25) is 9.59 Å². The second kappa shape index (κ2) is 7.26. The molecular formula is C18H16O5. The van der Waals surface area contributed by atoms with Crippen LogP contribution in [0.3, 0.4) is 0 Å². The molecule has 5 nitrogen and oxygen atoms in total. The van der Waals surface area contributed by atoms with Crippen molar-refractivity contribution < 1.29 is 19.4 Å². The van der Waals surface area contributed by atoms with Crippen molar-refractivity contribution >= 4 is 11.9 Å². The maximum absolute atomic E-state index is 12.2. The molecule has 1 N–H and O–H groups in total. The Labute approximate surface area is 133 Å². The zero-order valence-corrected chi connectivity index (χ0v) is 12.8. The second-order valence-corrected chi connectivity index (χ2v) is 4.66. The number of ketones is 1. The van der Waals surface area contributed by atoms with E-state index in [-0.39, 0.29) is 5.56 Å². The molecule has 0 saturated carbocycles. The van der Waals surface area contributed by atoms with Crippen LogP contribution in [0, 0.1) is 0 Å². The van der Waals surface area contributed by atoms with E-state index in [1.54, 1.807) is 24.3 Å². The summed E-state index contributed by atoms with van der Waals surface area (Å²) in [6.45, 7) is 0. The van der Waals surface area contributed by atoms with Gasteiger partial charge in [-0.2, -0.15) is 0 Å². The Balaban J connectivity index is 2.31. The van der Waals surface area contributed by atoms with Crippen LogP contribution in [0.25, 0.3) is 6.08 Å². The zero-order chi connectivity index (χ0) is 16.8. The summed E-state index contributed by atoms with van der Waals surface area (Å²) in [4.78, 5) is 23.7. The van der Waals surface area contributed by atoms with Crippen molar-refractivity contribution in [2.24, 2.45) is 0 Å². The molecule has 0 aliphatic heterocycles. The summed E-state index contributed by atoms with van der Waals surface area (Å²) in [6.07, 6.45) is 2.86. The fraction of sp³-hybridized carbons (Fsp3) is 0.111. The Hall–Kier alpha value is -3.08. The van der Waals surface area contributed by atoms with Crippen LogP contribution in [0.5, 0.6) is 17.2 Å².